The average Bonchev–Trinajstić information content (AvgIpc) is 3.60. The molecule has 0 spiro atoms. The molecule has 2 aliphatic heterocycles. The number of carbonyl (C=O) groups is 4. The molecule has 2 aliphatic rings. The van der Waals surface area contributed by atoms with Crippen molar-refractivity contribution in [1.29, 1.82) is 10.5 Å². The molecule has 4 amide bonds. The van der Waals surface area contributed by atoms with Crippen LogP contribution in [0.15, 0.2) is 146 Å². The topological polar surface area (TPSA) is 122 Å². The molecule has 8 nitrogen and oxygen atoms in total. The lowest BCUT2D eigenvalue weighted by Gasteiger charge is -2.30. The van der Waals surface area contributed by atoms with Crippen LogP contribution in [-0.4, -0.2) is 46.5 Å². The molecule has 0 bridgehead atoms. The molecule has 0 atom stereocenters. The molecular weight excluding hydrogens is 961 g/mol. The normalized spacial score (nSPS) is 13.5. The summed E-state index contributed by atoms with van der Waals surface area (Å²) in [7, 11) is 0. The molecule has 0 saturated carbocycles. The molecule has 78 heavy (non-hydrogen) atoms. The third-order valence-corrected chi connectivity index (χ3v) is 17.1. The summed E-state index contributed by atoms with van der Waals surface area (Å²) in [5.41, 5.74) is 4.62. The molecule has 0 N–H and O–H groups in total. The molecule has 2 heterocycles. The van der Waals surface area contributed by atoms with Gasteiger partial charge >= 0.3 is 0 Å². The maximum atomic E-state index is 14.5. The summed E-state index contributed by atoms with van der Waals surface area (Å²) < 4.78 is 0. The number of carbonyl (C=O) groups excluding carboxylic acids is 4. The maximum absolute atomic E-state index is 14.5. The fraction of sp³-hybridized carbons (Fsp3) is 0.229. The first-order valence-corrected chi connectivity index (χ1v) is 27.9. The van der Waals surface area contributed by atoms with Crippen LogP contribution in [0.25, 0.3) is 86.2 Å². The molecule has 0 saturated heterocycles. The highest BCUT2D eigenvalue weighted by molar-refractivity contribution is 6.42. The second-order valence-corrected chi connectivity index (χ2v) is 21.6. The quantitative estimate of drug-likeness (QED) is 0.0365. The lowest BCUT2D eigenvalue weighted by atomic mass is 9.79. The maximum Gasteiger partial charge on any atom is 0.261 e. The van der Waals surface area contributed by atoms with Crippen molar-refractivity contribution in [3.05, 3.63) is 190 Å². The summed E-state index contributed by atoms with van der Waals surface area (Å²) in [6, 6.07) is 54.0. The third-order valence-electron chi connectivity index (χ3n) is 17.1. The van der Waals surface area contributed by atoms with Crippen LogP contribution in [0, 0.1) is 22.7 Å². The molecule has 13 rings (SSSR count). The minimum atomic E-state index is -0.437. The number of fused-ring (bicyclic) bond motifs is 6. The van der Waals surface area contributed by atoms with Crippen molar-refractivity contribution in [2.45, 2.75) is 89.9 Å². The van der Waals surface area contributed by atoms with Crippen molar-refractivity contribution in [3.63, 3.8) is 0 Å². The Morgan fingerprint density at radius 3 is 0.987 bits per heavy atom. The van der Waals surface area contributed by atoms with E-state index in [1.165, 1.54) is 64.0 Å². The molecule has 0 aliphatic carbocycles. The van der Waals surface area contributed by atoms with Gasteiger partial charge in [-0.3, -0.25) is 29.0 Å². The summed E-state index contributed by atoms with van der Waals surface area (Å²) in [5.74, 6) is -1.63. The number of aryl methyl sites for hydroxylation is 2. The van der Waals surface area contributed by atoms with Gasteiger partial charge < -0.3 is 0 Å². The van der Waals surface area contributed by atoms with Crippen LogP contribution < -0.4 is 0 Å². The van der Waals surface area contributed by atoms with E-state index in [0.29, 0.717) is 67.1 Å². The molecule has 0 unspecified atom stereocenters. The second kappa shape index (κ2) is 20.2. The van der Waals surface area contributed by atoms with Gasteiger partial charge in [-0.1, -0.05) is 161 Å². The zero-order valence-corrected chi connectivity index (χ0v) is 43.6. The van der Waals surface area contributed by atoms with E-state index in [0.717, 1.165) is 77.0 Å². The van der Waals surface area contributed by atoms with Crippen LogP contribution in [0.2, 0.25) is 0 Å². The number of hydrogen-bond donors (Lipinski definition) is 0. The fourth-order valence-electron chi connectivity index (χ4n) is 13.5. The highest BCUT2D eigenvalue weighted by Gasteiger charge is 2.38. The van der Waals surface area contributed by atoms with Gasteiger partial charge in [0.2, 0.25) is 0 Å². The summed E-state index contributed by atoms with van der Waals surface area (Å²) >= 11 is 0. The van der Waals surface area contributed by atoms with E-state index in [2.05, 4.69) is 121 Å². The number of nitrogens with zero attached hydrogens (tertiary/aromatic N) is 4. The van der Waals surface area contributed by atoms with E-state index in [1.807, 2.05) is 0 Å². The Morgan fingerprint density at radius 1 is 0.308 bits per heavy atom. The first-order valence-electron chi connectivity index (χ1n) is 27.9. The van der Waals surface area contributed by atoms with Gasteiger partial charge in [0.05, 0.1) is 34.4 Å². The Morgan fingerprint density at radius 2 is 0.628 bits per heavy atom. The van der Waals surface area contributed by atoms with Gasteiger partial charge in [0.25, 0.3) is 23.6 Å². The Bertz CT molecular complexity index is 4030. The summed E-state index contributed by atoms with van der Waals surface area (Å²) in [5, 5.41) is 36.3. The van der Waals surface area contributed by atoms with Crippen molar-refractivity contribution in [2.75, 3.05) is 13.1 Å². The first kappa shape index (κ1) is 48.6. The number of benzene rings is 11. The number of rotatable bonds is 18. The minimum absolute atomic E-state index is 0.247. The van der Waals surface area contributed by atoms with Crippen molar-refractivity contribution >= 4 is 110 Å². The van der Waals surface area contributed by atoms with Gasteiger partial charge in [0, 0.05) is 56.5 Å². The Hall–Kier alpha value is -8.98. The molecular formula is C70H56N4O4. The lowest BCUT2D eigenvalue weighted by Crippen LogP contribution is -2.41. The van der Waals surface area contributed by atoms with Crippen LogP contribution in [0.4, 0.5) is 0 Å². The minimum Gasteiger partial charge on any atom is -0.274 e. The van der Waals surface area contributed by atoms with E-state index in [9.17, 15) is 29.7 Å². The van der Waals surface area contributed by atoms with Crippen LogP contribution >= 0.6 is 0 Å². The van der Waals surface area contributed by atoms with Crippen molar-refractivity contribution < 1.29 is 19.2 Å². The van der Waals surface area contributed by atoms with Crippen LogP contribution in [0.3, 0.4) is 0 Å². The van der Waals surface area contributed by atoms with E-state index in [4.69, 9.17) is 0 Å². The number of unbranched alkanes of at least 4 members (excludes halogenated alkanes) is 10. The third kappa shape index (κ3) is 8.01. The SMILES string of the molecule is N#Cc1cc2c3c(ccc4c5c(C#N)cc6c7c(ccc(c1c34)c75)C(=O)N(CCCCCCCCc1c3ccccc3cc3ccccc13)C6=O)C(=O)N(CCCCCCCCc1c3ccccc3cc3ccccc13)C2=O. The zero-order chi connectivity index (χ0) is 53.0. The fourth-order valence-corrected chi connectivity index (χ4v) is 13.5. The van der Waals surface area contributed by atoms with Crippen molar-refractivity contribution in [3.8, 4) is 12.1 Å². The Kier molecular flexibility index (Phi) is 12.6. The largest absolute Gasteiger partial charge is 0.274 e. The smallest absolute Gasteiger partial charge is 0.261 e. The molecule has 0 radical (unpaired) electrons. The number of imide groups is 2. The monoisotopic (exact) mass is 1020 g/mol. The van der Waals surface area contributed by atoms with Gasteiger partial charge in [-0.05, 0) is 140 Å². The van der Waals surface area contributed by atoms with Gasteiger partial charge in [-0.2, -0.15) is 10.5 Å². The van der Waals surface area contributed by atoms with E-state index < -0.39 is 11.8 Å². The summed E-state index contributed by atoms with van der Waals surface area (Å²) in [4.78, 5) is 60.4. The van der Waals surface area contributed by atoms with Crippen LogP contribution in [0.1, 0.15) is 141 Å². The standard InChI is InChI=1S/C70H56N4O4/c71-41-47-39-59-63-57(67(75)73(69(59)77)35-19-7-3-1-5-9-29-53-49-25-15-11-21-43(49)37-44-22-12-16-26-50(44)53)33-31-55-62-48(42-72)40-60-64-58(34-32-56(66(62)64)61(47)65(55)63)68(76)74(70(60)78)36-20-8-4-2-6-10-30-54-51-27-17-13-23-45(51)38-46-24-14-18-28-52(46)54/h11-18,21-28,31-34,37-40H,1-10,19-20,29-30,35-36H2. The average molecular weight is 1020 g/mol. The summed E-state index contributed by atoms with van der Waals surface area (Å²) in [6.07, 6.45) is 13.5. The predicted molar refractivity (Wildman–Crippen MR) is 314 cm³/mol. The lowest BCUT2D eigenvalue weighted by molar-refractivity contribution is 0.0592. The Labute approximate surface area is 452 Å². The van der Waals surface area contributed by atoms with Gasteiger partial charge in [0.15, 0.2) is 0 Å². The van der Waals surface area contributed by atoms with E-state index in [1.54, 1.807) is 36.4 Å². The molecule has 380 valence electrons. The molecule has 0 fully saturated rings. The first-order chi connectivity index (χ1) is 38.3. The number of nitriles is 2. The van der Waals surface area contributed by atoms with Gasteiger partial charge in [-0.15, -0.1) is 0 Å². The van der Waals surface area contributed by atoms with Crippen LogP contribution in [0.5, 0.6) is 0 Å². The van der Waals surface area contributed by atoms with Gasteiger partial charge in [0.1, 0.15) is 0 Å². The number of amides is 4. The van der Waals surface area contributed by atoms with Crippen molar-refractivity contribution in [2.24, 2.45) is 0 Å². The number of hydrogen-bond acceptors (Lipinski definition) is 6. The Balaban J connectivity index is 0.689. The van der Waals surface area contributed by atoms with E-state index >= 15 is 0 Å². The highest BCUT2D eigenvalue weighted by Crippen LogP contribution is 2.49. The molecule has 11 aromatic carbocycles. The molecule has 0 aromatic heterocycles. The van der Waals surface area contributed by atoms with E-state index in [-0.39, 0.29) is 47.2 Å². The predicted octanol–water partition coefficient (Wildman–Crippen LogP) is 16.5. The van der Waals surface area contributed by atoms with Gasteiger partial charge in [-0.25, -0.2) is 0 Å². The summed E-state index contributed by atoms with van der Waals surface area (Å²) in [6.45, 7) is 0.533. The molecule has 11 aromatic rings. The molecule has 8 heteroatoms. The van der Waals surface area contributed by atoms with Crippen LogP contribution in [-0.2, 0) is 12.8 Å². The zero-order valence-electron chi connectivity index (χ0n) is 43.6. The highest BCUT2D eigenvalue weighted by atomic mass is 16.2. The van der Waals surface area contributed by atoms with Crippen molar-refractivity contribution in [1.82, 2.24) is 9.80 Å². The second-order valence-electron chi connectivity index (χ2n) is 21.6.